The molecular weight excluding hydrogens is 200 g/mol. The van der Waals surface area contributed by atoms with Crippen molar-refractivity contribution >= 4 is 23.1 Å². The molecule has 0 saturated carbocycles. The van der Waals surface area contributed by atoms with Crippen molar-refractivity contribution in [1.29, 1.82) is 5.26 Å². The number of nitrogen functional groups attached to an aromatic ring is 1. The van der Waals surface area contributed by atoms with Gasteiger partial charge in [0, 0.05) is 17.9 Å². The van der Waals surface area contributed by atoms with Crippen LogP contribution in [-0.2, 0) is 0 Å². The van der Waals surface area contributed by atoms with Crippen LogP contribution in [-0.4, -0.2) is 11.7 Å². The molecule has 0 aliphatic rings. The highest BCUT2D eigenvalue weighted by Crippen LogP contribution is 2.14. The number of ketones is 1. The third-order valence-electron chi connectivity index (χ3n) is 1.82. The number of carbonyl (C=O) groups is 1. The van der Waals surface area contributed by atoms with Gasteiger partial charge in [-0.2, -0.15) is 5.26 Å². The van der Waals surface area contributed by atoms with Gasteiger partial charge in [0.1, 0.15) is 6.07 Å². The van der Waals surface area contributed by atoms with Crippen LogP contribution in [0.1, 0.15) is 22.3 Å². The Morgan fingerprint density at radius 1 is 1.57 bits per heavy atom. The summed E-state index contributed by atoms with van der Waals surface area (Å²) in [6.45, 7) is 0. The summed E-state index contributed by atoms with van der Waals surface area (Å²) in [6.07, 6.45) is 0.285. The van der Waals surface area contributed by atoms with Crippen molar-refractivity contribution in [3.05, 3.63) is 29.3 Å². The zero-order valence-electron chi connectivity index (χ0n) is 7.46. The smallest absolute Gasteiger partial charge is 0.164 e. The summed E-state index contributed by atoms with van der Waals surface area (Å²) in [5.41, 5.74) is 6.77. The first kappa shape index (κ1) is 10.6. The van der Waals surface area contributed by atoms with Crippen LogP contribution in [0.2, 0.25) is 0 Å². The van der Waals surface area contributed by atoms with Crippen molar-refractivity contribution in [1.82, 2.24) is 0 Å². The lowest BCUT2D eigenvalue weighted by Gasteiger charge is -2.01. The lowest BCUT2D eigenvalue weighted by molar-refractivity contribution is 0.0989. The van der Waals surface area contributed by atoms with E-state index in [0.29, 0.717) is 22.7 Å². The first-order valence-electron chi connectivity index (χ1n) is 4.08. The Labute approximate surface area is 87.1 Å². The van der Waals surface area contributed by atoms with Crippen LogP contribution in [0.4, 0.5) is 5.69 Å². The standard InChI is InChI=1S/C10H9ClN2O/c11-4-3-10(14)7-1-2-8(6-12)9(13)5-7/h1-2,5H,3-4,13H2. The van der Waals surface area contributed by atoms with Crippen LogP contribution in [0.25, 0.3) is 0 Å². The van der Waals surface area contributed by atoms with Gasteiger partial charge in [-0.15, -0.1) is 11.6 Å². The Morgan fingerprint density at radius 2 is 2.29 bits per heavy atom. The van der Waals surface area contributed by atoms with Crippen molar-refractivity contribution in [3.63, 3.8) is 0 Å². The molecule has 0 spiro atoms. The van der Waals surface area contributed by atoms with E-state index in [1.807, 2.05) is 6.07 Å². The first-order valence-corrected chi connectivity index (χ1v) is 4.61. The fourth-order valence-electron chi connectivity index (χ4n) is 1.07. The maximum absolute atomic E-state index is 11.4. The van der Waals surface area contributed by atoms with E-state index in [1.165, 1.54) is 12.1 Å². The number of halogens is 1. The number of nitriles is 1. The number of benzene rings is 1. The Hall–Kier alpha value is -1.53. The van der Waals surface area contributed by atoms with Crippen LogP contribution in [0, 0.1) is 11.3 Å². The van der Waals surface area contributed by atoms with Crippen molar-refractivity contribution < 1.29 is 4.79 Å². The molecule has 2 N–H and O–H groups in total. The van der Waals surface area contributed by atoms with Gasteiger partial charge in [0.25, 0.3) is 0 Å². The van der Waals surface area contributed by atoms with E-state index >= 15 is 0 Å². The Bertz CT molecular complexity index is 396. The predicted octanol–water partition coefficient (Wildman–Crippen LogP) is 1.95. The number of carbonyl (C=O) groups excluding carboxylic acids is 1. The molecule has 1 aromatic rings. The maximum Gasteiger partial charge on any atom is 0.164 e. The largest absolute Gasteiger partial charge is 0.398 e. The van der Waals surface area contributed by atoms with Crippen LogP contribution in [0.15, 0.2) is 18.2 Å². The van der Waals surface area contributed by atoms with Crippen molar-refractivity contribution in [2.45, 2.75) is 6.42 Å². The summed E-state index contributed by atoms with van der Waals surface area (Å²) in [7, 11) is 0. The van der Waals surface area contributed by atoms with Crippen molar-refractivity contribution in [2.75, 3.05) is 11.6 Å². The molecule has 1 aromatic carbocycles. The molecule has 0 amide bonds. The number of anilines is 1. The van der Waals surface area contributed by atoms with E-state index in [9.17, 15) is 4.79 Å². The van der Waals surface area contributed by atoms with E-state index < -0.39 is 0 Å². The molecule has 0 heterocycles. The maximum atomic E-state index is 11.4. The highest BCUT2D eigenvalue weighted by Gasteiger charge is 2.07. The Morgan fingerprint density at radius 3 is 2.79 bits per heavy atom. The molecule has 72 valence electrons. The number of nitrogens with two attached hydrogens (primary N) is 1. The second-order valence-electron chi connectivity index (χ2n) is 2.78. The van der Waals surface area contributed by atoms with E-state index in [-0.39, 0.29) is 12.2 Å². The molecule has 0 aromatic heterocycles. The average Bonchev–Trinajstić information content (AvgIpc) is 2.18. The molecule has 1 rings (SSSR count). The average molecular weight is 209 g/mol. The molecule has 14 heavy (non-hydrogen) atoms. The zero-order valence-corrected chi connectivity index (χ0v) is 8.21. The first-order chi connectivity index (χ1) is 6.69. The Balaban J connectivity index is 2.98. The van der Waals surface area contributed by atoms with E-state index in [1.54, 1.807) is 6.07 Å². The molecule has 0 radical (unpaired) electrons. The minimum Gasteiger partial charge on any atom is -0.398 e. The van der Waals surface area contributed by atoms with Crippen LogP contribution >= 0.6 is 11.6 Å². The summed E-state index contributed by atoms with van der Waals surface area (Å²) >= 11 is 5.44. The van der Waals surface area contributed by atoms with Crippen LogP contribution in [0.5, 0.6) is 0 Å². The van der Waals surface area contributed by atoms with E-state index in [4.69, 9.17) is 22.6 Å². The lowest BCUT2D eigenvalue weighted by atomic mass is 10.1. The van der Waals surface area contributed by atoms with Gasteiger partial charge in [0.2, 0.25) is 0 Å². The molecule has 0 bridgehead atoms. The second kappa shape index (κ2) is 4.64. The highest BCUT2D eigenvalue weighted by atomic mass is 35.5. The summed E-state index contributed by atoms with van der Waals surface area (Å²) in [4.78, 5) is 11.4. The SMILES string of the molecule is N#Cc1ccc(C(=O)CCCl)cc1N. The number of alkyl halides is 1. The van der Waals surface area contributed by atoms with Crippen LogP contribution < -0.4 is 5.73 Å². The van der Waals surface area contributed by atoms with Crippen molar-refractivity contribution in [3.8, 4) is 6.07 Å². The van der Waals surface area contributed by atoms with Gasteiger partial charge in [0.05, 0.1) is 11.3 Å². The minimum absolute atomic E-state index is 0.0591. The fraction of sp³-hybridized carbons (Fsp3) is 0.200. The van der Waals surface area contributed by atoms with Gasteiger partial charge in [0.15, 0.2) is 5.78 Å². The molecule has 0 unspecified atom stereocenters. The summed E-state index contributed by atoms with van der Waals surface area (Å²) in [6, 6.07) is 6.56. The predicted molar refractivity (Wildman–Crippen MR) is 55.2 cm³/mol. The van der Waals surface area contributed by atoms with Gasteiger partial charge >= 0.3 is 0 Å². The third kappa shape index (κ3) is 2.24. The fourth-order valence-corrected chi connectivity index (χ4v) is 1.24. The minimum atomic E-state index is -0.0591. The molecule has 4 heteroatoms. The normalized spacial score (nSPS) is 9.43. The lowest BCUT2D eigenvalue weighted by Crippen LogP contribution is -2.01. The Kier molecular flexibility index (Phi) is 3.49. The number of rotatable bonds is 3. The number of nitrogens with zero attached hydrogens (tertiary/aromatic N) is 1. The number of hydrogen-bond donors (Lipinski definition) is 1. The van der Waals surface area contributed by atoms with Gasteiger partial charge in [-0.3, -0.25) is 4.79 Å². The molecule has 0 aliphatic heterocycles. The summed E-state index contributed by atoms with van der Waals surface area (Å²) in [5.74, 6) is 0.231. The topological polar surface area (TPSA) is 66.9 Å². The second-order valence-corrected chi connectivity index (χ2v) is 3.15. The molecular formula is C10H9ClN2O. The van der Waals surface area contributed by atoms with Gasteiger partial charge < -0.3 is 5.73 Å². The van der Waals surface area contributed by atoms with Gasteiger partial charge in [-0.05, 0) is 18.2 Å². The third-order valence-corrected chi connectivity index (χ3v) is 2.00. The molecule has 0 saturated heterocycles. The van der Waals surface area contributed by atoms with Gasteiger partial charge in [-0.25, -0.2) is 0 Å². The monoisotopic (exact) mass is 208 g/mol. The van der Waals surface area contributed by atoms with E-state index in [2.05, 4.69) is 0 Å². The highest BCUT2D eigenvalue weighted by molar-refractivity contribution is 6.19. The number of hydrogen-bond acceptors (Lipinski definition) is 3. The zero-order chi connectivity index (χ0) is 10.6. The van der Waals surface area contributed by atoms with Crippen molar-refractivity contribution in [2.24, 2.45) is 0 Å². The number of Topliss-reactive ketones (excluding diaryl/α,β-unsaturated/α-hetero) is 1. The van der Waals surface area contributed by atoms with Gasteiger partial charge in [-0.1, -0.05) is 0 Å². The molecule has 0 aliphatic carbocycles. The van der Waals surface area contributed by atoms with E-state index in [0.717, 1.165) is 0 Å². The molecule has 0 atom stereocenters. The molecule has 3 nitrogen and oxygen atoms in total. The summed E-state index contributed by atoms with van der Waals surface area (Å²) < 4.78 is 0. The van der Waals surface area contributed by atoms with Crippen LogP contribution in [0.3, 0.4) is 0 Å². The quantitative estimate of drug-likeness (QED) is 0.469. The summed E-state index contributed by atoms with van der Waals surface area (Å²) in [5, 5.41) is 8.62. The molecule has 0 fully saturated rings.